The van der Waals surface area contributed by atoms with Crippen LogP contribution in [0.4, 0.5) is 0 Å². The van der Waals surface area contributed by atoms with Crippen molar-refractivity contribution >= 4 is 0 Å². The van der Waals surface area contributed by atoms with Crippen molar-refractivity contribution in [2.45, 2.75) is 39.7 Å². The molecule has 1 atom stereocenters. The second kappa shape index (κ2) is 3.94. The smallest absolute Gasteiger partial charge is 0.00417 e. The first-order valence-electron chi connectivity index (χ1n) is 3.97. The highest BCUT2D eigenvalue weighted by Crippen LogP contribution is 2.20. The predicted octanol–water partition coefficient (Wildman–Crippen LogP) is 1.10. The highest BCUT2D eigenvalue weighted by atomic mass is 14.7. The minimum absolute atomic E-state index is 0.218. The van der Waals surface area contributed by atoms with Gasteiger partial charge in [-0.3, -0.25) is 0 Å². The van der Waals surface area contributed by atoms with Crippen LogP contribution in [0.1, 0.15) is 33.6 Å². The third-order valence-corrected chi connectivity index (χ3v) is 1.89. The first kappa shape index (κ1) is 9.92. The van der Waals surface area contributed by atoms with E-state index in [0.717, 1.165) is 19.4 Å². The van der Waals surface area contributed by atoms with Crippen LogP contribution in [0.15, 0.2) is 0 Å². The zero-order chi connectivity index (χ0) is 8.20. The molecule has 0 fully saturated rings. The van der Waals surface area contributed by atoms with E-state index >= 15 is 0 Å². The molecule has 0 radical (unpaired) electrons. The van der Waals surface area contributed by atoms with Crippen LogP contribution in [0.2, 0.25) is 0 Å². The molecule has 0 saturated carbocycles. The van der Waals surface area contributed by atoms with Crippen molar-refractivity contribution in [2.24, 2.45) is 16.9 Å². The van der Waals surface area contributed by atoms with E-state index in [1.54, 1.807) is 0 Å². The lowest BCUT2D eigenvalue weighted by Crippen LogP contribution is -2.32. The van der Waals surface area contributed by atoms with E-state index in [2.05, 4.69) is 20.8 Å². The summed E-state index contributed by atoms with van der Waals surface area (Å²) >= 11 is 0. The summed E-state index contributed by atoms with van der Waals surface area (Å²) in [6.07, 6.45) is 2.07. The van der Waals surface area contributed by atoms with Crippen LogP contribution in [0.5, 0.6) is 0 Å². The summed E-state index contributed by atoms with van der Waals surface area (Å²) in [6.45, 7) is 7.14. The van der Waals surface area contributed by atoms with Crippen molar-refractivity contribution < 1.29 is 0 Å². The Hall–Kier alpha value is -0.0800. The van der Waals surface area contributed by atoms with Gasteiger partial charge < -0.3 is 11.5 Å². The second-order valence-corrected chi connectivity index (χ2v) is 3.74. The van der Waals surface area contributed by atoms with E-state index in [-0.39, 0.29) is 5.41 Å². The quantitative estimate of drug-likeness (QED) is 0.620. The van der Waals surface area contributed by atoms with E-state index in [9.17, 15) is 0 Å². The Morgan fingerprint density at radius 3 is 2.20 bits per heavy atom. The number of hydrogen-bond acceptors (Lipinski definition) is 2. The molecule has 0 saturated heterocycles. The molecule has 2 nitrogen and oxygen atoms in total. The molecule has 4 N–H and O–H groups in total. The van der Waals surface area contributed by atoms with E-state index < -0.39 is 0 Å². The molecule has 0 aliphatic carbocycles. The summed E-state index contributed by atoms with van der Waals surface area (Å²) in [7, 11) is 0. The van der Waals surface area contributed by atoms with Gasteiger partial charge in [-0.15, -0.1) is 0 Å². The lowest BCUT2D eigenvalue weighted by molar-refractivity contribution is 0.311. The summed E-state index contributed by atoms with van der Waals surface area (Å²) in [5.74, 6) is 0. The number of hydrogen-bond donors (Lipinski definition) is 2. The Balaban J connectivity index is 3.64. The van der Waals surface area contributed by atoms with Crippen LogP contribution >= 0.6 is 0 Å². The molecule has 0 bridgehead atoms. The van der Waals surface area contributed by atoms with Gasteiger partial charge in [0.1, 0.15) is 0 Å². The third kappa shape index (κ3) is 3.85. The fourth-order valence-electron chi connectivity index (χ4n) is 0.937. The predicted molar refractivity (Wildman–Crippen MR) is 45.7 cm³/mol. The molecule has 0 amide bonds. The average Bonchev–Trinajstić information content (AvgIpc) is 1.87. The summed E-state index contributed by atoms with van der Waals surface area (Å²) < 4.78 is 0. The maximum absolute atomic E-state index is 5.78. The minimum atomic E-state index is 0.218. The average molecular weight is 144 g/mol. The summed E-state index contributed by atoms with van der Waals surface area (Å²) in [5.41, 5.74) is 11.6. The highest BCUT2D eigenvalue weighted by molar-refractivity contribution is 4.74. The lowest BCUT2D eigenvalue weighted by atomic mass is 9.85. The molecule has 0 aromatic heterocycles. The van der Waals surface area contributed by atoms with Crippen LogP contribution in [-0.2, 0) is 0 Å². The van der Waals surface area contributed by atoms with Gasteiger partial charge >= 0.3 is 0 Å². The zero-order valence-electron chi connectivity index (χ0n) is 7.35. The van der Waals surface area contributed by atoms with Crippen LogP contribution < -0.4 is 11.5 Å². The molecular weight excluding hydrogens is 124 g/mol. The summed E-state index contributed by atoms with van der Waals surface area (Å²) in [5, 5.41) is 0. The van der Waals surface area contributed by atoms with Crippen LogP contribution in [-0.4, -0.2) is 12.6 Å². The van der Waals surface area contributed by atoms with Gasteiger partial charge in [0.25, 0.3) is 0 Å². The van der Waals surface area contributed by atoms with Crippen molar-refractivity contribution in [3.05, 3.63) is 0 Å². The standard InChI is InChI=1S/C8H20N2/c1-4-7(10)5-8(2,3)6-9/h7H,4-6,9-10H2,1-3H3. The minimum Gasteiger partial charge on any atom is -0.330 e. The molecule has 0 rings (SSSR count). The molecule has 10 heavy (non-hydrogen) atoms. The molecule has 2 heteroatoms. The highest BCUT2D eigenvalue weighted by Gasteiger charge is 2.18. The van der Waals surface area contributed by atoms with Crippen molar-refractivity contribution in [3.8, 4) is 0 Å². The first-order valence-corrected chi connectivity index (χ1v) is 3.97. The molecule has 0 aliphatic rings. The normalized spacial score (nSPS) is 15.3. The molecule has 0 heterocycles. The fraction of sp³-hybridized carbons (Fsp3) is 1.00. The molecule has 0 aromatic rings. The van der Waals surface area contributed by atoms with E-state index in [1.165, 1.54) is 0 Å². The largest absolute Gasteiger partial charge is 0.330 e. The SMILES string of the molecule is CCC(N)CC(C)(C)CN. The Labute approximate surface area is 64.0 Å². The first-order chi connectivity index (χ1) is 4.52. The Bertz CT molecular complexity index is 89.3. The number of nitrogens with two attached hydrogens (primary N) is 2. The van der Waals surface area contributed by atoms with Gasteiger partial charge in [0.05, 0.1) is 0 Å². The van der Waals surface area contributed by atoms with Crippen molar-refractivity contribution in [3.63, 3.8) is 0 Å². The molecule has 62 valence electrons. The van der Waals surface area contributed by atoms with Crippen molar-refractivity contribution in [1.29, 1.82) is 0 Å². The van der Waals surface area contributed by atoms with E-state index in [0.29, 0.717) is 6.04 Å². The van der Waals surface area contributed by atoms with Gasteiger partial charge in [-0.1, -0.05) is 20.8 Å². The van der Waals surface area contributed by atoms with Crippen LogP contribution in [0, 0.1) is 5.41 Å². The van der Waals surface area contributed by atoms with Gasteiger partial charge in [-0.05, 0) is 24.8 Å². The van der Waals surface area contributed by atoms with E-state index in [1.807, 2.05) is 0 Å². The third-order valence-electron chi connectivity index (χ3n) is 1.89. The van der Waals surface area contributed by atoms with Gasteiger partial charge in [-0.25, -0.2) is 0 Å². The van der Waals surface area contributed by atoms with Crippen molar-refractivity contribution in [2.75, 3.05) is 6.54 Å². The van der Waals surface area contributed by atoms with Gasteiger partial charge in [0.2, 0.25) is 0 Å². The van der Waals surface area contributed by atoms with E-state index in [4.69, 9.17) is 11.5 Å². The zero-order valence-corrected chi connectivity index (χ0v) is 7.35. The maximum atomic E-state index is 5.78. The van der Waals surface area contributed by atoms with Gasteiger partial charge in [0.15, 0.2) is 0 Å². The fourth-order valence-corrected chi connectivity index (χ4v) is 0.937. The molecule has 1 unspecified atom stereocenters. The van der Waals surface area contributed by atoms with Crippen LogP contribution in [0.25, 0.3) is 0 Å². The molecular formula is C8H20N2. The summed E-state index contributed by atoms with van der Waals surface area (Å²) in [4.78, 5) is 0. The summed E-state index contributed by atoms with van der Waals surface area (Å²) in [6, 6.07) is 0.318. The monoisotopic (exact) mass is 144 g/mol. The van der Waals surface area contributed by atoms with Gasteiger partial charge in [0, 0.05) is 6.04 Å². The molecule has 0 aliphatic heterocycles. The van der Waals surface area contributed by atoms with Crippen LogP contribution in [0.3, 0.4) is 0 Å². The lowest BCUT2D eigenvalue weighted by Gasteiger charge is -2.25. The second-order valence-electron chi connectivity index (χ2n) is 3.74. The molecule has 0 spiro atoms. The Morgan fingerprint density at radius 2 is 1.90 bits per heavy atom. The number of rotatable bonds is 4. The Kier molecular flexibility index (Phi) is 3.91. The van der Waals surface area contributed by atoms with Crippen molar-refractivity contribution in [1.82, 2.24) is 0 Å². The molecule has 0 aromatic carbocycles. The Morgan fingerprint density at radius 1 is 1.40 bits per heavy atom. The topological polar surface area (TPSA) is 52.0 Å². The maximum Gasteiger partial charge on any atom is 0.00417 e. The van der Waals surface area contributed by atoms with Gasteiger partial charge in [-0.2, -0.15) is 0 Å².